The van der Waals surface area contributed by atoms with E-state index in [1.54, 1.807) is 13.8 Å². The number of aryl methyl sites for hydroxylation is 1. The van der Waals surface area contributed by atoms with E-state index in [1.807, 2.05) is 0 Å². The second-order valence-electron chi connectivity index (χ2n) is 4.99. The third-order valence-electron chi connectivity index (χ3n) is 3.12. The number of alkyl halides is 2. The number of ether oxygens (including phenoxy) is 1. The maximum absolute atomic E-state index is 14.4. The van der Waals surface area contributed by atoms with Gasteiger partial charge >= 0.3 is 0 Å². The molecule has 0 saturated heterocycles. The Hall–Kier alpha value is -2.02. The molecule has 120 valence electrons. The average Bonchev–Trinajstić information content (AvgIpc) is 2.80. The van der Waals surface area contributed by atoms with Crippen molar-refractivity contribution in [3.05, 3.63) is 41.0 Å². The summed E-state index contributed by atoms with van der Waals surface area (Å²) in [6.07, 6.45) is 0. The van der Waals surface area contributed by atoms with E-state index in [9.17, 15) is 13.2 Å². The predicted octanol–water partition coefficient (Wildman–Crippen LogP) is 3.32. The number of benzene rings is 1. The SMILES string of the molecule is CCOc1cc(CO)cc(F)c1-n1nc(C(C)(F)F)cc1C. The zero-order chi connectivity index (χ0) is 16.5. The van der Waals surface area contributed by atoms with Crippen molar-refractivity contribution in [2.24, 2.45) is 0 Å². The minimum atomic E-state index is -3.12. The highest BCUT2D eigenvalue weighted by Crippen LogP contribution is 2.32. The van der Waals surface area contributed by atoms with Crippen LogP contribution in [0.3, 0.4) is 0 Å². The van der Waals surface area contributed by atoms with Crippen molar-refractivity contribution in [1.29, 1.82) is 0 Å². The monoisotopic (exact) mass is 314 g/mol. The van der Waals surface area contributed by atoms with Crippen LogP contribution in [0.15, 0.2) is 18.2 Å². The second kappa shape index (κ2) is 6.00. The third kappa shape index (κ3) is 3.09. The molecule has 0 aliphatic heterocycles. The highest BCUT2D eigenvalue weighted by atomic mass is 19.3. The summed E-state index contributed by atoms with van der Waals surface area (Å²) in [5, 5.41) is 12.9. The fourth-order valence-corrected chi connectivity index (χ4v) is 2.10. The fraction of sp³-hybridized carbons (Fsp3) is 0.400. The van der Waals surface area contributed by atoms with Gasteiger partial charge in [-0.1, -0.05) is 0 Å². The van der Waals surface area contributed by atoms with Crippen LogP contribution in [0.4, 0.5) is 13.2 Å². The Morgan fingerprint density at radius 1 is 1.32 bits per heavy atom. The van der Waals surface area contributed by atoms with Crippen LogP contribution >= 0.6 is 0 Å². The lowest BCUT2D eigenvalue weighted by Gasteiger charge is -2.14. The lowest BCUT2D eigenvalue weighted by molar-refractivity contribution is 0.0124. The molecule has 7 heteroatoms. The van der Waals surface area contributed by atoms with Crippen LogP contribution in [-0.4, -0.2) is 21.5 Å². The van der Waals surface area contributed by atoms with E-state index in [0.29, 0.717) is 11.3 Å². The van der Waals surface area contributed by atoms with Crippen molar-refractivity contribution in [2.75, 3.05) is 6.61 Å². The Bertz CT molecular complexity index is 678. The number of hydrogen-bond donors (Lipinski definition) is 1. The molecule has 0 aliphatic carbocycles. The van der Waals surface area contributed by atoms with Gasteiger partial charge in [0.2, 0.25) is 0 Å². The van der Waals surface area contributed by atoms with E-state index in [0.717, 1.165) is 17.7 Å². The first-order valence-corrected chi connectivity index (χ1v) is 6.79. The molecule has 0 saturated carbocycles. The van der Waals surface area contributed by atoms with E-state index in [-0.39, 0.29) is 24.7 Å². The molecule has 0 unspecified atom stereocenters. The highest BCUT2D eigenvalue weighted by molar-refractivity contribution is 5.50. The van der Waals surface area contributed by atoms with Crippen molar-refractivity contribution >= 4 is 0 Å². The summed E-state index contributed by atoms with van der Waals surface area (Å²) in [6, 6.07) is 3.80. The number of nitrogens with zero attached hydrogens (tertiary/aromatic N) is 2. The van der Waals surface area contributed by atoms with Crippen LogP contribution in [0.1, 0.15) is 30.8 Å². The molecule has 22 heavy (non-hydrogen) atoms. The largest absolute Gasteiger partial charge is 0.491 e. The van der Waals surface area contributed by atoms with Gasteiger partial charge in [0.1, 0.15) is 17.1 Å². The minimum Gasteiger partial charge on any atom is -0.491 e. The van der Waals surface area contributed by atoms with E-state index in [2.05, 4.69) is 5.10 Å². The molecule has 0 spiro atoms. The van der Waals surface area contributed by atoms with Crippen LogP contribution in [0.2, 0.25) is 0 Å². The molecule has 2 rings (SSSR count). The lowest BCUT2D eigenvalue weighted by Crippen LogP contribution is -2.11. The quantitative estimate of drug-likeness (QED) is 0.921. The zero-order valence-corrected chi connectivity index (χ0v) is 12.5. The van der Waals surface area contributed by atoms with E-state index in [1.165, 1.54) is 12.1 Å². The number of aromatic nitrogens is 2. The first-order chi connectivity index (χ1) is 10.3. The van der Waals surface area contributed by atoms with Gasteiger partial charge in [-0.3, -0.25) is 0 Å². The molecule has 1 heterocycles. The Balaban J connectivity index is 2.64. The molecule has 0 radical (unpaired) electrons. The number of rotatable bonds is 5. The molecule has 0 amide bonds. The van der Waals surface area contributed by atoms with Crippen LogP contribution < -0.4 is 4.74 Å². The molecule has 2 aromatic rings. The first-order valence-electron chi connectivity index (χ1n) is 6.79. The number of hydrogen-bond acceptors (Lipinski definition) is 3. The summed E-state index contributed by atoms with van der Waals surface area (Å²) in [5.74, 6) is -3.68. The van der Waals surface area contributed by atoms with Crippen molar-refractivity contribution in [2.45, 2.75) is 33.3 Å². The molecule has 0 atom stereocenters. The van der Waals surface area contributed by atoms with E-state index < -0.39 is 17.4 Å². The van der Waals surface area contributed by atoms with Crippen molar-refractivity contribution < 1.29 is 23.0 Å². The van der Waals surface area contributed by atoms with Crippen LogP contribution in [0, 0.1) is 12.7 Å². The summed E-state index contributed by atoms with van der Waals surface area (Å²) in [5.41, 5.74) is 0.189. The summed E-state index contributed by atoms with van der Waals surface area (Å²) in [6.45, 7) is 3.91. The van der Waals surface area contributed by atoms with Gasteiger partial charge in [-0.05, 0) is 37.6 Å². The van der Waals surface area contributed by atoms with Gasteiger partial charge in [-0.15, -0.1) is 0 Å². The van der Waals surface area contributed by atoms with Crippen molar-refractivity contribution in [3.8, 4) is 11.4 Å². The average molecular weight is 314 g/mol. The molecule has 0 aliphatic rings. The molecular formula is C15H17F3N2O2. The molecule has 1 aromatic heterocycles. The topological polar surface area (TPSA) is 47.3 Å². The van der Waals surface area contributed by atoms with E-state index >= 15 is 0 Å². The molecule has 1 aromatic carbocycles. The van der Waals surface area contributed by atoms with Gasteiger partial charge in [-0.25, -0.2) is 9.07 Å². The maximum atomic E-state index is 14.4. The van der Waals surface area contributed by atoms with Crippen LogP contribution in [-0.2, 0) is 12.5 Å². The molecule has 1 N–H and O–H groups in total. The summed E-state index contributed by atoms with van der Waals surface area (Å²) < 4.78 is 47.6. The minimum absolute atomic E-state index is 0.0490. The van der Waals surface area contributed by atoms with Crippen LogP contribution in [0.25, 0.3) is 5.69 Å². The molecule has 0 fully saturated rings. The Morgan fingerprint density at radius 3 is 2.50 bits per heavy atom. The number of aliphatic hydroxyl groups excluding tert-OH is 1. The first kappa shape index (κ1) is 16.4. The third-order valence-corrected chi connectivity index (χ3v) is 3.12. The lowest BCUT2D eigenvalue weighted by atomic mass is 10.2. The zero-order valence-electron chi connectivity index (χ0n) is 12.5. The Morgan fingerprint density at radius 2 is 2.00 bits per heavy atom. The number of aliphatic hydroxyl groups is 1. The van der Waals surface area contributed by atoms with Gasteiger partial charge in [0, 0.05) is 12.6 Å². The maximum Gasteiger partial charge on any atom is 0.288 e. The summed E-state index contributed by atoms with van der Waals surface area (Å²) in [7, 11) is 0. The molecule has 0 bridgehead atoms. The van der Waals surface area contributed by atoms with Crippen molar-refractivity contribution in [1.82, 2.24) is 9.78 Å². The predicted molar refractivity (Wildman–Crippen MR) is 74.9 cm³/mol. The molecular weight excluding hydrogens is 297 g/mol. The smallest absolute Gasteiger partial charge is 0.288 e. The van der Waals surface area contributed by atoms with Gasteiger partial charge < -0.3 is 9.84 Å². The van der Waals surface area contributed by atoms with Gasteiger partial charge in [0.15, 0.2) is 5.82 Å². The Kier molecular flexibility index (Phi) is 4.46. The van der Waals surface area contributed by atoms with Gasteiger partial charge in [-0.2, -0.15) is 13.9 Å². The summed E-state index contributed by atoms with van der Waals surface area (Å²) in [4.78, 5) is 0. The number of halogens is 3. The van der Waals surface area contributed by atoms with Gasteiger partial charge in [0.25, 0.3) is 5.92 Å². The molecule has 4 nitrogen and oxygen atoms in total. The summed E-state index contributed by atoms with van der Waals surface area (Å²) >= 11 is 0. The highest BCUT2D eigenvalue weighted by Gasteiger charge is 2.29. The fourth-order valence-electron chi connectivity index (χ4n) is 2.10. The van der Waals surface area contributed by atoms with Crippen molar-refractivity contribution in [3.63, 3.8) is 0 Å². The normalized spacial score (nSPS) is 11.8. The van der Waals surface area contributed by atoms with Gasteiger partial charge in [0.05, 0.1) is 13.2 Å². The van der Waals surface area contributed by atoms with Crippen LogP contribution in [0.5, 0.6) is 5.75 Å². The Labute approximate surface area is 126 Å². The van der Waals surface area contributed by atoms with E-state index in [4.69, 9.17) is 9.84 Å². The second-order valence-corrected chi connectivity index (χ2v) is 4.99. The standard InChI is InChI=1S/C15H17F3N2O2/c1-4-22-12-7-10(8-21)6-11(16)14(12)20-9(2)5-13(19-20)15(3,17)18/h5-7,21H,4,8H2,1-3H3.